The van der Waals surface area contributed by atoms with Gasteiger partial charge >= 0.3 is 0 Å². The van der Waals surface area contributed by atoms with Gasteiger partial charge in [0.25, 0.3) is 0 Å². The third-order valence-corrected chi connectivity index (χ3v) is 4.29. The van der Waals surface area contributed by atoms with E-state index < -0.39 is 30.3 Å². The van der Waals surface area contributed by atoms with Crippen LogP contribution in [0.5, 0.6) is 0 Å². The van der Waals surface area contributed by atoms with Crippen LogP contribution in [0.2, 0.25) is 0 Å². The van der Waals surface area contributed by atoms with E-state index in [1.165, 1.54) is 20.4 Å². The van der Waals surface area contributed by atoms with Gasteiger partial charge in [-0.05, 0) is 20.8 Å². The van der Waals surface area contributed by atoms with Gasteiger partial charge in [0.2, 0.25) is 0 Å². The summed E-state index contributed by atoms with van der Waals surface area (Å²) >= 11 is 0. The minimum absolute atomic E-state index is 0.101. The lowest BCUT2D eigenvalue weighted by atomic mass is 9.98. The molecule has 1 aromatic heterocycles. The van der Waals surface area contributed by atoms with Crippen molar-refractivity contribution in [3.8, 4) is 0 Å². The van der Waals surface area contributed by atoms with Crippen molar-refractivity contribution in [2.45, 2.75) is 51.1 Å². The van der Waals surface area contributed by atoms with Gasteiger partial charge in [-0.25, -0.2) is 14.4 Å². The first-order chi connectivity index (χ1) is 11.4. The zero-order valence-corrected chi connectivity index (χ0v) is 14.2. The first-order valence-corrected chi connectivity index (χ1v) is 7.91. The lowest BCUT2D eigenvalue weighted by molar-refractivity contribution is -0.0629. The van der Waals surface area contributed by atoms with Gasteiger partial charge in [0.05, 0.1) is 12.9 Å². The number of aromatic nitrogens is 2. The van der Waals surface area contributed by atoms with Crippen LogP contribution in [0, 0.1) is 0 Å². The first-order valence-electron chi connectivity index (χ1n) is 7.91. The van der Waals surface area contributed by atoms with Gasteiger partial charge in [0, 0.05) is 13.7 Å². The van der Waals surface area contributed by atoms with Crippen LogP contribution in [0.25, 0.3) is 0 Å². The van der Waals surface area contributed by atoms with E-state index in [0.717, 1.165) is 0 Å². The van der Waals surface area contributed by atoms with Crippen LogP contribution >= 0.6 is 0 Å². The normalized spacial score (nSPS) is 35.5. The lowest BCUT2D eigenvalue weighted by Gasteiger charge is -2.28. The zero-order chi connectivity index (χ0) is 17.5. The van der Waals surface area contributed by atoms with E-state index in [1.54, 1.807) is 11.5 Å². The monoisotopic (exact) mass is 342 g/mol. The van der Waals surface area contributed by atoms with Crippen LogP contribution in [-0.2, 0) is 14.2 Å². The van der Waals surface area contributed by atoms with Crippen LogP contribution in [0.4, 0.5) is 10.2 Å². The van der Waals surface area contributed by atoms with E-state index in [0.29, 0.717) is 24.0 Å². The molecule has 5 atom stereocenters. The minimum Gasteiger partial charge on any atom is -0.387 e. The number of methoxy groups -OCH3 is 1. The Labute approximate surface area is 139 Å². The van der Waals surface area contributed by atoms with Gasteiger partial charge in [-0.2, -0.15) is 0 Å². The Morgan fingerprint density at radius 3 is 2.96 bits per heavy atom. The summed E-state index contributed by atoms with van der Waals surface area (Å²) in [5.74, 6) is 1.19. The molecule has 1 unspecified atom stereocenters. The molecule has 0 saturated carbocycles. The number of anilines is 1. The van der Waals surface area contributed by atoms with E-state index >= 15 is 4.39 Å². The number of alkyl halides is 1. The molecule has 1 aromatic rings. The summed E-state index contributed by atoms with van der Waals surface area (Å²) in [6.45, 7) is 5.55. The highest BCUT2D eigenvalue weighted by Gasteiger charge is 2.55. The van der Waals surface area contributed by atoms with Gasteiger partial charge < -0.3 is 24.6 Å². The second-order valence-corrected chi connectivity index (χ2v) is 6.11. The second-order valence-electron chi connectivity index (χ2n) is 6.11. The summed E-state index contributed by atoms with van der Waals surface area (Å²) in [5.41, 5.74) is -1.44. The molecule has 0 bridgehead atoms. The van der Waals surface area contributed by atoms with Crippen LogP contribution < -0.4 is 5.32 Å². The molecule has 134 valence electrons. The maximum atomic E-state index is 15.1. The molecule has 8 nitrogen and oxygen atoms in total. The molecule has 24 heavy (non-hydrogen) atoms. The molecule has 0 radical (unpaired) electrons. The third kappa shape index (κ3) is 2.71. The second kappa shape index (κ2) is 6.40. The van der Waals surface area contributed by atoms with E-state index in [2.05, 4.69) is 15.3 Å². The van der Waals surface area contributed by atoms with Gasteiger partial charge in [0.1, 0.15) is 29.6 Å². The fourth-order valence-corrected chi connectivity index (χ4v) is 3.09. The summed E-state index contributed by atoms with van der Waals surface area (Å²) in [5, 5.41) is 13.3. The maximum Gasteiger partial charge on any atom is 0.196 e. The van der Waals surface area contributed by atoms with Crippen molar-refractivity contribution >= 4 is 11.7 Å². The Morgan fingerprint density at radius 1 is 1.54 bits per heavy atom. The number of halogens is 1. The number of hydrogen-bond acceptors (Lipinski definition) is 7. The van der Waals surface area contributed by atoms with Crippen molar-refractivity contribution < 1.29 is 23.7 Å². The molecule has 1 saturated heterocycles. The Balaban J connectivity index is 1.95. The third-order valence-electron chi connectivity index (χ3n) is 4.29. The molecule has 2 aliphatic heterocycles. The van der Waals surface area contributed by atoms with Crippen LogP contribution in [0.15, 0.2) is 11.3 Å². The molecule has 0 aromatic carbocycles. The van der Waals surface area contributed by atoms with Gasteiger partial charge in [-0.1, -0.05) is 0 Å². The summed E-state index contributed by atoms with van der Waals surface area (Å²) in [4.78, 5) is 8.66. The van der Waals surface area contributed by atoms with Crippen molar-refractivity contribution in [1.29, 1.82) is 0 Å². The highest BCUT2D eigenvalue weighted by molar-refractivity contribution is 5.94. The smallest absolute Gasteiger partial charge is 0.196 e. The highest BCUT2D eigenvalue weighted by atomic mass is 19.1. The summed E-state index contributed by atoms with van der Waals surface area (Å²) in [6, 6.07) is 0. The molecule has 2 aliphatic rings. The number of ether oxygens (including phenoxy) is 3. The molecule has 0 spiro atoms. The SMILES string of the molecule is CCOC1N=C(C)Nc2c1ncn2[C@@H]1O[C@H](COC)[C@@H](O)[C@@]1(C)F. The first kappa shape index (κ1) is 17.3. The number of hydrogen-bond donors (Lipinski definition) is 2. The number of aliphatic hydroxyl groups is 1. The average molecular weight is 342 g/mol. The van der Waals surface area contributed by atoms with E-state index in [-0.39, 0.29) is 6.61 Å². The predicted molar refractivity (Wildman–Crippen MR) is 84.6 cm³/mol. The largest absolute Gasteiger partial charge is 0.387 e. The van der Waals surface area contributed by atoms with E-state index in [9.17, 15) is 5.11 Å². The Morgan fingerprint density at radius 2 is 2.29 bits per heavy atom. The van der Waals surface area contributed by atoms with Crippen molar-refractivity contribution in [2.24, 2.45) is 4.99 Å². The van der Waals surface area contributed by atoms with Gasteiger partial charge in [-0.15, -0.1) is 0 Å². The molecule has 0 aliphatic carbocycles. The minimum atomic E-state index is -2.00. The molecule has 3 rings (SSSR count). The fourth-order valence-electron chi connectivity index (χ4n) is 3.09. The lowest BCUT2D eigenvalue weighted by Crippen LogP contribution is -2.41. The Kier molecular flexibility index (Phi) is 4.60. The number of amidine groups is 1. The molecular weight excluding hydrogens is 319 g/mol. The Bertz CT molecular complexity index is 633. The van der Waals surface area contributed by atoms with Crippen LogP contribution in [-0.4, -0.2) is 58.7 Å². The average Bonchev–Trinajstić information content (AvgIpc) is 3.02. The number of rotatable bonds is 5. The van der Waals surface area contributed by atoms with Crippen molar-refractivity contribution in [2.75, 3.05) is 25.6 Å². The van der Waals surface area contributed by atoms with Crippen molar-refractivity contribution in [1.82, 2.24) is 9.55 Å². The number of aliphatic hydroxyl groups excluding tert-OH is 1. The van der Waals surface area contributed by atoms with E-state index in [1.807, 2.05) is 6.92 Å². The number of fused-ring (bicyclic) bond motifs is 1. The van der Waals surface area contributed by atoms with Crippen LogP contribution in [0.1, 0.15) is 38.9 Å². The Hall–Kier alpha value is -1.55. The van der Waals surface area contributed by atoms with Gasteiger partial charge in [0.15, 0.2) is 18.1 Å². The molecule has 0 amide bonds. The zero-order valence-electron chi connectivity index (χ0n) is 14.2. The fraction of sp³-hybridized carbons (Fsp3) is 0.733. The summed E-state index contributed by atoms with van der Waals surface area (Å²) in [6.07, 6.45) is -2.16. The summed E-state index contributed by atoms with van der Waals surface area (Å²) in [7, 11) is 1.48. The quantitative estimate of drug-likeness (QED) is 0.841. The summed E-state index contributed by atoms with van der Waals surface area (Å²) < 4.78 is 33.0. The molecule has 1 fully saturated rings. The molecule has 3 heterocycles. The number of nitrogens with zero attached hydrogens (tertiary/aromatic N) is 3. The maximum absolute atomic E-state index is 15.1. The van der Waals surface area contributed by atoms with Gasteiger partial charge in [-0.3, -0.25) is 4.57 Å². The predicted octanol–water partition coefficient (Wildman–Crippen LogP) is 1.39. The molecular formula is C15H23FN4O4. The number of nitrogens with one attached hydrogen (secondary N) is 1. The number of imidazole rings is 1. The van der Waals surface area contributed by atoms with Crippen LogP contribution in [0.3, 0.4) is 0 Å². The number of aliphatic imine (C=N–C) groups is 1. The molecule has 2 N–H and O–H groups in total. The standard InChI is InChI=1S/C15H23FN4O4/c1-5-23-13-10-12(18-8(2)19-13)20(7-17-10)14-15(3,16)11(21)9(24-14)6-22-4/h7,9,11,13-14,21H,5-6H2,1-4H3,(H,18,19)/t9-,11-,13?,14-,15-/m1/s1. The molecule has 9 heteroatoms. The van der Waals surface area contributed by atoms with Crippen molar-refractivity contribution in [3.63, 3.8) is 0 Å². The van der Waals surface area contributed by atoms with Crippen molar-refractivity contribution in [3.05, 3.63) is 12.0 Å². The topological polar surface area (TPSA) is 90.1 Å². The van der Waals surface area contributed by atoms with E-state index in [4.69, 9.17) is 14.2 Å². The highest BCUT2D eigenvalue weighted by Crippen LogP contribution is 2.44.